The molecule has 2 aliphatic carbocycles. The lowest BCUT2D eigenvalue weighted by Crippen LogP contribution is -2.52. The summed E-state index contributed by atoms with van der Waals surface area (Å²) < 4.78 is 0. The van der Waals surface area contributed by atoms with Crippen LogP contribution in [0.1, 0.15) is 38.5 Å². The summed E-state index contributed by atoms with van der Waals surface area (Å²) in [4.78, 5) is 0. The van der Waals surface area contributed by atoms with Gasteiger partial charge in [-0.1, -0.05) is 0 Å². The SMILES string of the molecule is NC1CCC(NC2CC(N)C2)CC1. The Labute approximate surface area is 80.2 Å². The number of rotatable bonds is 2. The molecule has 0 aromatic rings. The Kier molecular flexibility index (Phi) is 2.86. The van der Waals surface area contributed by atoms with Gasteiger partial charge in [-0.25, -0.2) is 0 Å². The van der Waals surface area contributed by atoms with E-state index in [0.29, 0.717) is 18.1 Å². The predicted octanol–water partition coefficient (Wildman–Crippen LogP) is 0.336. The molecule has 0 radical (unpaired) electrons. The van der Waals surface area contributed by atoms with Gasteiger partial charge in [0, 0.05) is 24.2 Å². The molecule has 0 spiro atoms. The second-order valence-electron chi connectivity index (χ2n) is 4.71. The second kappa shape index (κ2) is 3.95. The van der Waals surface area contributed by atoms with Crippen molar-refractivity contribution < 1.29 is 0 Å². The van der Waals surface area contributed by atoms with E-state index in [9.17, 15) is 0 Å². The molecular weight excluding hydrogens is 162 g/mol. The van der Waals surface area contributed by atoms with Crippen LogP contribution in [0.25, 0.3) is 0 Å². The molecule has 5 N–H and O–H groups in total. The molecule has 0 aromatic carbocycles. The van der Waals surface area contributed by atoms with Crippen molar-refractivity contribution in [2.45, 2.75) is 62.7 Å². The Bertz CT molecular complexity index is 158. The smallest absolute Gasteiger partial charge is 0.00991 e. The Balaban J connectivity index is 1.65. The van der Waals surface area contributed by atoms with Gasteiger partial charge in [0.05, 0.1) is 0 Å². The molecule has 0 aliphatic heterocycles. The van der Waals surface area contributed by atoms with Crippen molar-refractivity contribution in [3.05, 3.63) is 0 Å². The first kappa shape index (κ1) is 9.44. The Hall–Kier alpha value is -0.120. The van der Waals surface area contributed by atoms with E-state index in [1.54, 1.807) is 0 Å². The number of hydrogen-bond acceptors (Lipinski definition) is 3. The molecule has 0 unspecified atom stereocenters. The third-order valence-corrected chi connectivity index (χ3v) is 3.42. The van der Waals surface area contributed by atoms with Crippen molar-refractivity contribution in [1.29, 1.82) is 0 Å². The minimum absolute atomic E-state index is 0.460. The van der Waals surface area contributed by atoms with Crippen LogP contribution in [0.5, 0.6) is 0 Å². The Morgan fingerprint density at radius 3 is 1.92 bits per heavy atom. The van der Waals surface area contributed by atoms with Crippen LogP contribution >= 0.6 is 0 Å². The molecule has 76 valence electrons. The van der Waals surface area contributed by atoms with Crippen LogP contribution in [0.3, 0.4) is 0 Å². The molecular formula is C10H21N3. The molecule has 0 amide bonds. The molecule has 2 rings (SSSR count). The molecule has 3 heteroatoms. The largest absolute Gasteiger partial charge is 0.328 e. The maximum atomic E-state index is 5.85. The summed E-state index contributed by atoms with van der Waals surface area (Å²) in [5.41, 5.74) is 11.6. The van der Waals surface area contributed by atoms with Gasteiger partial charge >= 0.3 is 0 Å². The maximum absolute atomic E-state index is 5.85. The number of hydrogen-bond donors (Lipinski definition) is 3. The third-order valence-electron chi connectivity index (χ3n) is 3.42. The lowest BCUT2D eigenvalue weighted by Gasteiger charge is -2.38. The van der Waals surface area contributed by atoms with E-state index in [2.05, 4.69) is 5.32 Å². The van der Waals surface area contributed by atoms with Crippen LogP contribution in [0, 0.1) is 0 Å². The summed E-state index contributed by atoms with van der Waals surface area (Å²) in [6.07, 6.45) is 7.23. The van der Waals surface area contributed by atoms with Crippen LogP contribution < -0.4 is 16.8 Å². The maximum Gasteiger partial charge on any atom is 0.00991 e. The molecule has 0 saturated heterocycles. The second-order valence-corrected chi connectivity index (χ2v) is 4.71. The highest BCUT2D eigenvalue weighted by atomic mass is 15.0. The molecule has 13 heavy (non-hydrogen) atoms. The molecule has 0 heterocycles. The molecule has 0 bridgehead atoms. The Morgan fingerprint density at radius 1 is 0.769 bits per heavy atom. The fourth-order valence-electron chi connectivity index (χ4n) is 2.42. The molecule has 0 atom stereocenters. The fourth-order valence-corrected chi connectivity index (χ4v) is 2.42. The zero-order chi connectivity index (χ0) is 9.26. The van der Waals surface area contributed by atoms with E-state index in [-0.39, 0.29) is 0 Å². The van der Waals surface area contributed by atoms with Crippen molar-refractivity contribution >= 4 is 0 Å². The zero-order valence-electron chi connectivity index (χ0n) is 8.21. The molecule has 3 nitrogen and oxygen atoms in total. The van der Waals surface area contributed by atoms with Gasteiger partial charge in [-0.15, -0.1) is 0 Å². The van der Waals surface area contributed by atoms with Crippen molar-refractivity contribution in [2.24, 2.45) is 11.5 Å². The third kappa shape index (κ3) is 2.42. The molecule has 2 aliphatic rings. The van der Waals surface area contributed by atoms with Crippen molar-refractivity contribution in [1.82, 2.24) is 5.32 Å². The number of nitrogens with two attached hydrogens (primary N) is 2. The van der Waals surface area contributed by atoms with E-state index in [1.807, 2.05) is 0 Å². The monoisotopic (exact) mass is 183 g/mol. The lowest BCUT2D eigenvalue weighted by atomic mass is 9.84. The summed E-state index contributed by atoms with van der Waals surface area (Å²) >= 11 is 0. The topological polar surface area (TPSA) is 64.1 Å². The minimum Gasteiger partial charge on any atom is -0.328 e. The van der Waals surface area contributed by atoms with Gasteiger partial charge < -0.3 is 16.8 Å². The van der Waals surface area contributed by atoms with Gasteiger partial charge in [0.2, 0.25) is 0 Å². The average molecular weight is 183 g/mol. The molecule has 2 fully saturated rings. The van der Waals surface area contributed by atoms with Crippen LogP contribution in [0.4, 0.5) is 0 Å². The standard InChI is InChI=1S/C10H21N3/c11-7-1-3-9(4-2-7)13-10-5-8(12)6-10/h7-10,13H,1-6,11-12H2. The first-order valence-electron chi connectivity index (χ1n) is 5.51. The van der Waals surface area contributed by atoms with Gasteiger partial charge in [0.25, 0.3) is 0 Å². The van der Waals surface area contributed by atoms with E-state index in [0.717, 1.165) is 6.04 Å². The van der Waals surface area contributed by atoms with Gasteiger partial charge in [-0.05, 0) is 38.5 Å². The quantitative estimate of drug-likeness (QED) is 0.578. The van der Waals surface area contributed by atoms with Crippen molar-refractivity contribution in [3.8, 4) is 0 Å². The predicted molar refractivity (Wildman–Crippen MR) is 54.4 cm³/mol. The van der Waals surface area contributed by atoms with Crippen molar-refractivity contribution in [3.63, 3.8) is 0 Å². The van der Waals surface area contributed by atoms with Gasteiger partial charge in [0.15, 0.2) is 0 Å². The first-order chi connectivity index (χ1) is 6.24. The van der Waals surface area contributed by atoms with E-state index < -0.39 is 0 Å². The van der Waals surface area contributed by atoms with Crippen LogP contribution in [0.15, 0.2) is 0 Å². The zero-order valence-corrected chi connectivity index (χ0v) is 8.21. The molecule has 0 aromatic heterocycles. The fraction of sp³-hybridized carbons (Fsp3) is 1.00. The average Bonchev–Trinajstić information content (AvgIpc) is 2.06. The van der Waals surface area contributed by atoms with E-state index >= 15 is 0 Å². The minimum atomic E-state index is 0.460. The lowest BCUT2D eigenvalue weighted by molar-refractivity contribution is 0.233. The summed E-state index contributed by atoms with van der Waals surface area (Å²) in [6.45, 7) is 0. The summed E-state index contributed by atoms with van der Waals surface area (Å²) in [7, 11) is 0. The highest BCUT2D eigenvalue weighted by Gasteiger charge is 2.28. The summed E-state index contributed by atoms with van der Waals surface area (Å²) in [5, 5.41) is 3.67. The van der Waals surface area contributed by atoms with Crippen LogP contribution in [-0.4, -0.2) is 24.2 Å². The van der Waals surface area contributed by atoms with Gasteiger partial charge in [0.1, 0.15) is 0 Å². The summed E-state index contributed by atoms with van der Waals surface area (Å²) in [6, 6.07) is 2.34. The van der Waals surface area contributed by atoms with Crippen LogP contribution in [0.2, 0.25) is 0 Å². The number of nitrogens with one attached hydrogen (secondary N) is 1. The normalized spacial score (nSPS) is 45.7. The van der Waals surface area contributed by atoms with Gasteiger partial charge in [-0.3, -0.25) is 0 Å². The highest BCUT2D eigenvalue weighted by Crippen LogP contribution is 2.22. The molecule has 2 saturated carbocycles. The van der Waals surface area contributed by atoms with Gasteiger partial charge in [-0.2, -0.15) is 0 Å². The first-order valence-corrected chi connectivity index (χ1v) is 5.51. The van der Waals surface area contributed by atoms with Crippen LogP contribution in [-0.2, 0) is 0 Å². The Morgan fingerprint density at radius 2 is 1.38 bits per heavy atom. The van der Waals surface area contributed by atoms with E-state index in [4.69, 9.17) is 11.5 Å². The van der Waals surface area contributed by atoms with E-state index in [1.165, 1.54) is 38.5 Å². The van der Waals surface area contributed by atoms with Crippen molar-refractivity contribution in [2.75, 3.05) is 0 Å². The highest BCUT2D eigenvalue weighted by molar-refractivity contribution is 4.91. The summed E-state index contributed by atoms with van der Waals surface area (Å²) in [5.74, 6) is 0.